The van der Waals surface area contributed by atoms with Crippen LogP contribution in [0.1, 0.15) is 37.6 Å². The molecule has 0 aliphatic heterocycles. The van der Waals surface area contributed by atoms with Crippen LogP contribution in [0.5, 0.6) is 5.75 Å². The Bertz CT molecular complexity index is 467. The Labute approximate surface area is 120 Å². The number of amides is 1. The molecule has 0 saturated heterocycles. The number of aliphatic hydroxyl groups excluding tert-OH is 1. The highest BCUT2D eigenvalue weighted by molar-refractivity contribution is 5.99. The zero-order chi connectivity index (χ0) is 15.3. The summed E-state index contributed by atoms with van der Waals surface area (Å²) in [5.74, 6) is 0.327. The first-order valence-corrected chi connectivity index (χ1v) is 6.65. The summed E-state index contributed by atoms with van der Waals surface area (Å²) in [6.07, 6.45) is 0.499. The normalized spacial score (nSPS) is 12.8. The van der Waals surface area contributed by atoms with E-state index < -0.39 is 0 Å². The first-order valence-electron chi connectivity index (χ1n) is 6.65. The van der Waals surface area contributed by atoms with Crippen molar-refractivity contribution in [1.29, 1.82) is 0 Å². The summed E-state index contributed by atoms with van der Waals surface area (Å²) in [5.41, 5.74) is 6.48. The van der Waals surface area contributed by atoms with Gasteiger partial charge in [-0.3, -0.25) is 4.79 Å². The van der Waals surface area contributed by atoms with Crippen molar-refractivity contribution in [1.82, 2.24) is 5.32 Å². The number of ether oxygens (including phenoxy) is 1. The van der Waals surface area contributed by atoms with Gasteiger partial charge in [-0.1, -0.05) is 20.8 Å². The van der Waals surface area contributed by atoms with Gasteiger partial charge in [-0.05, 0) is 30.0 Å². The van der Waals surface area contributed by atoms with Crippen LogP contribution in [0.2, 0.25) is 0 Å². The largest absolute Gasteiger partial charge is 0.497 e. The molecule has 0 bridgehead atoms. The molecule has 0 aliphatic rings. The van der Waals surface area contributed by atoms with Crippen LogP contribution in [0.25, 0.3) is 0 Å². The summed E-state index contributed by atoms with van der Waals surface area (Å²) in [6, 6.07) is 4.83. The number of methoxy groups -OCH3 is 1. The third-order valence-electron chi connectivity index (χ3n) is 3.27. The van der Waals surface area contributed by atoms with Crippen LogP contribution < -0.4 is 15.8 Å². The molecule has 5 heteroatoms. The molecule has 1 amide bonds. The van der Waals surface area contributed by atoms with E-state index in [9.17, 15) is 4.79 Å². The lowest BCUT2D eigenvalue weighted by Gasteiger charge is -2.31. The number of anilines is 1. The van der Waals surface area contributed by atoms with Crippen molar-refractivity contribution in [2.24, 2.45) is 5.41 Å². The first kappa shape index (κ1) is 16.3. The molecule has 112 valence electrons. The van der Waals surface area contributed by atoms with Crippen molar-refractivity contribution in [2.45, 2.75) is 33.2 Å². The van der Waals surface area contributed by atoms with Crippen LogP contribution >= 0.6 is 0 Å². The van der Waals surface area contributed by atoms with Crippen LogP contribution in [0.15, 0.2) is 18.2 Å². The average Bonchev–Trinajstić information content (AvgIpc) is 2.37. The third kappa shape index (κ3) is 4.13. The number of benzene rings is 1. The van der Waals surface area contributed by atoms with Gasteiger partial charge in [0.2, 0.25) is 0 Å². The second-order valence-corrected chi connectivity index (χ2v) is 5.86. The van der Waals surface area contributed by atoms with E-state index in [1.165, 1.54) is 7.11 Å². The highest BCUT2D eigenvalue weighted by Crippen LogP contribution is 2.24. The van der Waals surface area contributed by atoms with Crippen molar-refractivity contribution in [3.05, 3.63) is 23.8 Å². The molecule has 1 aromatic carbocycles. The minimum absolute atomic E-state index is 0.0236. The molecule has 1 aromatic rings. The van der Waals surface area contributed by atoms with Gasteiger partial charge in [0.05, 0.1) is 12.7 Å². The summed E-state index contributed by atoms with van der Waals surface area (Å²) in [7, 11) is 1.54. The number of hydrogen-bond acceptors (Lipinski definition) is 4. The number of nitrogen functional groups attached to an aromatic ring is 1. The molecule has 0 radical (unpaired) electrons. The Hall–Kier alpha value is -1.75. The molecule has 1 rings (SSSR count). The van der Waals surface area contributed by atoms with E-state index in [0.29, 0.717) is 23.4 Å². The topological polar surface area (TPSA) is 84.6 Å². The van der Waals surface area contributed by atoms with E-state index in [1.54, 1.807) is 18.2 Å². The standard InChI is InChI=1S/C15H24N2O3/c1-15(2,3)13(7-8-18)17-14(19)11-9-10(20-4)5-6-12(11)16/h5-6,9,13,18H,7-8,16H2,1-4H3,(H,17,19). The minimum atomic E-state index is -0.255. The quantitative estimate of drug-likeness (QED) is 0.718. The van der Waals surface area contributed by atoms with Gasteiger partial charge in [0.15, 0.2) is 0 Å². The van der Waals surface area contributed by atoms with Gasteiger partial charge < -0.3 is 20.9 Å². The van der Waals surface area contributed by atoms with E-state index in [2.05, 4.69) is 5.32 Å². The molecular formula is C15H24N2O3. The van der Waals surface area contributed by atoms with E-state index >= 15 is 0 Å². The fourth-order valence-electron chi connectivity index (χ4n) is 1.95. The Morgan fingerprint density at radius 1 is 1.45 bits per heavy atom. The molecule has 1 unspecified atom stereocenters. The fraction of sp³-hybridized carbons (Fsp3) is 0.533. The van der Waals surface area contributed by atoms with E-state index in [1.807, 2.05) is 20.8 Å². The second-order valence-electron chi connectivity index (χ2n) is 5.86. The molecule has 4 N–H and O–H groups in total. The summed E-state index contributed by atoms with van der Waals surface area (Å²) in [4.78, 5) is 12.3. The molecule has 1 atom stereocenters. The highest BCUT2D eigenvalue weighted by atomic mass is 16.5. The van der Waals surface area contributed by atoms with Crippen molar-refractivity contribution < 1.29 is 14.6 Å². The van der Waals surface area contributed by atoms with Crippen LogP contribution in [0, 0.1) is 5.41 Å². The van der Waals surface area contributed by atoms with E-state index in [-0.39, 0.29) is 24.0 Å². The summed E-state index contributed by atoms with van der Waals surface area (Å²) in [6.45, 7) is 6.07. The maximum atomic E-state index is 12.3. The van der Waals surface area contributed by atoms with Gasteiger partial charge in [-0.2, -0.15) is 0 Å². The molecular weight excluding hydrogens is 256 g/mol. The van der Waals surface area contributed by atoms with Gasteiger partial charge in [0, 0.05) is 18.3 Å². The number of carbonyl (C=O) groups excluding carboxylic acids is 1. The molecule has 0 aliphatic carbocycles. The number of carbonyl (C=O) groups is 1. The predicted molar refractivity (Wildman–Crippen MR) is 79.8 cm³/mol. The van der Waals surface area contributed by atoms with Crippen molar-refractivity contribution in [3.8, 4) is 5.75 Å². The maximum Gasteiger partial charge on any atom is 0.253 e. The van der Waals surface area contributed by atoms with Gasteiger partial charge in [-0.15, -0.1) is 0 Å². The summed E-state index contributed by atoms with van der Waals surface area (Å²) >= 11 is 0. The SMILES string of the molecule is COc1ccc(N)c(C(=O)NC(CCO)C(C)(C)C)c1. The molecule has 0 fully saturated rings. The lowest BCUT2D eigenvalue weighted by molar-refractivity contribution is 0.0886. The number of hydrogen-bond donors (Lipinski definition) is 3. The second kappa shape index (κ2) is 6.61. The molecule has 20 heavy (non-hydrogen) atoms. The van der Waals surface area contributed by atoms with E-state index in [0.717, 1.165) is 0 Å². The highest BCUT2D eigenvalue weighted by Gasteiger charge is 2.26. The molecule has 0 spiro atoms. The van der Waals surface area contributed by atoms with Crippen LogP contribution in [-0.4, -0.2) is 30.8 Å². The van der Waals surface area contributed by atoms with Gasteiger partial charge in [0.25, 0.3) is 5.91 Å². The Morgan fingerprint density at radius 3 is 2.60 bits per heavy atom. The lowest BCUT2D eigenvalue weighted by Crippen LogP contribution is -2.44. The third-order valence-corrected chi connectivity index (χ3v) is 3.27. The lowest BCUT2D eigenvalue weighted by atomic mass is 9.84. The Kier molecular flexibility index (Phi) is 5.39. The minimum Gasteiger partial charge on any atom is -0.497 e. The predicted octanol–water partition coefficient (Wildman–Crippen LogP) is 1.80. The molecule has 0 heterocycles. The van der Waals surface area contributed by atoms with Gasteiger partial charge in [0.1, 0.15) is 5.75 Å². The summed E-state index contributed by atoms with van der Waals surface area (Å²) < 4.78 is 5.10. The first-order chi connectivity index (χ1) is 9.29. The number of nitrogens with one attached hydrogen (secondary N) is 1. The van der Waals surface area contributed by atoms with Gasteiger partial charge in [-0.25, -0.2) is 0 Å². The number of aliphatic hydroxyl groups is 1. The van der Waals surface area contributed by atoms with Crippen LogP contribution in [0.3, 0.4) is 0 Å². The molecule has 0 aromatic heterocycles. The monoisotopic (exact) mass is 280 g/mol. The van der Waals surface area contributed by atoms with Gasteiger partial charge >= 0.3 is 0 Å². The van der Waals surface area contributed by atoms with Crippen LogP contribution in [-0.2, 0) is 0 Å². The van der Waals surface area contributed by atoms with Crippen molar-refractivity contribution in [2.75, 3.05) is 19.5 Å². The molecule has 0 saturated carbocycles. The van der Waals surface area contributed by atoms with Crippen molar-refractivity contribution >= 4 is 11.6 Å². The Balaban J connectivity index is 2.94. The fourth-order valence-corrected chi connectivity index (χ4v) is 1.95. The average molecular weight is 280 g/mol. The number of nitrogens with two attached hydrogens (primary N) is 1. The zero-order valence-corrected chi connectivity index (χ0v) is 12.6. The van der Waals surface area contributed by atoms with E-state index in [4.69, 9.17) is 15.6 Å². The smallest absolute Gasteiger partial charge is 0.253 e. The van der Waals surface area contributed by atoms with Crippen molar-refractivity contribution in [3.63, 3.8) is 0 Å². The Morgan fingerprint density at radius 2 is 2.10 bits per heavy atom. The van der Waals surface area contributed by atoms with Crippen LogP contribution in [0.4, 0.5) is 5.69 Å². The maximum absolute atomic E-state index is 12.3. The summed E-state index contributed by atoms with van der Waals surface area (Å²) in [5, 5.41) is 12.1. The molecule has 5 nitrogen and oxygen atoms in total. The number of rotatable bonds is 5. The zero-order valence-electron chi connectivity index (χ0n) is 12.6.